The maximum Gasteiger partial charge on any atom is 0.325 e. The van der Waals surface area contributed by atoms with Crippen LogP contribution in [-0.4, -0.2) is 32.2 Å². The number of aromatic nitrogens is 2. The van der Waals surface area contributed by atoms with Gasteiger partial charge in [0.05, 0.1) is 12.2 Å². The maximum absolute atomic E-state index is 11.9. The fourth-order valence-corrected chi connectivity index (χ4v) is 2.30. The zero-order valence-corrected chi connectivity index (χ0v) is 12.5. The normalized spacial score (nSPS) is 24.1. The summed E-state index contributed by atoms with van der Waals surface area (Å²) < 4.78 is 1.90. The molecule has 3 amide bonds. The molecule has 1 aromatic heterocycles. The summed E-state index contributed by atoms with van der Waals surface area (Å²) in [5, 5.41) is 6.87. The molecule has 1 aromatic rings. The summed E-state index contributed by atoms with van der Waals surface area (Å²) in [6.45, 7) is 8.25. The molecule has 1 aliphatic heterocycles. The Balaban J connectivity index is 2.18. The molecule has 6 nitrogen and oxygen atoms in total. The van der Waals surface area contributed by atoms with Crippen molar-refractivity contribution >= 4 is 11.9 Å². The van der Waals surface area contributed by atoms with E-state index in [1.807, 2.05) is 23.9 Å². The van der Waals surface area contributed by atoms with E-state index in [9.17, 15) is 9.59 Å². The maximum atomic E-state index is 11.9. The van der Waals surface area contributed by atoms with E-state index >= 15 is 0 Å². The Bertz CT molecular complexity index is 525. The Morgan fingerprint density at radius 3 is 2.70 bits per heavy atom. The van der Waals surface area contributed by atoms with E-state index in [0.717, 1.165) is 12.1 Å². The number of amides is 3. The summed E-state index contributed by atoms with van der Waals surface area (Å²) in [6, 6.07) is 1.89. The third kappa shape index (κ3) is 2.30. The third-order valence-electron chi connectivity index (χ3n) is 4.27. The number of hydrogen-bond acceptors (Lipinski definition) is 3. The van der Waals surface area contributed by atoms with Crippen molar-refractivity contribution in [3.05, 3.63) is 18.0 Å². The van der Waals surface area contributed by atoms with E-state index in [-0.39, 0.29) is 11.9 Å². The molecule has 0 aromatic carbocycles. The van der Waals surface area contributed by atoms with Crippen molar-refractivity contribution in [2.75, 3.05) is 0 Å². The summed E-state index contributed by atoms with van der Waals surface area (Å²) in [5.74, 6) is -0.230. The second-order valence-electron chi connectivity index (χ2n) is 5.52. The molecule has 1 N–H and O–H groups in total. The van der Waals surface area contributed by atoms with E-state index in [0.29, 0.717) is 19.0 Å². The van der Waals surface area contributed by atoms with Crippen LogP contribution in [-0.2, 0) is 11.3 Å². The van der Waals surface area contributed by atoms with Crippen LogP contribution in [0, 0.1) is 0 Å². The van der Waals surface area contributed by atoms with Crippen molar-refractivity contribution in [3.63, 3.8) is 0 Å². The van der Waals surface area contributed by atoms with Crippen LogP contribution in [0.5, 0.6) is 0 Å². The SMILES string of the molecule is CCC(C)n1ccc(CN2C(=O)NC(=O)C2(C)CC)n1. The van der Waals surface area contributed by atoms with Crippen molar-refractivity contribution in [3.8, 4) is 0 Å². The number of nitrogens with one attached hydrogen (secondary N) is 1. The highest BCUT2D eigenvalue weighted by molar-refractivity contribution is 6.06. The van der Waals surface area contributed by atoms with E-state index < -0.39 is 5.54 Å². The molecule has 20 heavy (non-hydrogen) atoms. The number of urea groups is 1. The van der Waals surface area contributed by atoms with Crippen LogP contribution in [0.25, 0.3) is 0 Å². The van der Waals surface area contributed by atoms with E-state index in [2.05, 4.69) is 24.3 Å². The van der Waals surface area contributed by atoms with Gasteiger partial charge in [0.15, 0.2) is 0 Å². The van der Waals surface area contributed by atoms with Crippen molar-refractivity contribution in [2.45, 2.75) is 58.7 Å². The topological polar surface area (TPSA) is 67.2 Å². The number of rotatable bonds is 5. The number of nitrogens with zero attached hydrogens (tertiary/aromatic N) is 3. The van der Waals surface area contributed by atoms with Crippen molar-refractivity contribution in [1.29, 1.82) is 0 Å². The molecule has 2 unspecified atom stereocenters. The fraction of sp³-hybridized carbons (Fsp3) is 0.643. The smallest absolute Gasteiger partial charge is 0.304 e. The molecule has 6 heteroatoms. The summed E-state index contributed by atoms with van der Waals surface area (Å²) in [4.78, 5) is 25.4. The molecule has 1 aliphatic rings. The lowest BCUT2D eigenvalue weighted by atomic mass is 9.97. The number of carbonyl (C=O) groups excluding carboxylic acids is 2. The Kier molecular flexibility index (Phi) is 3.83. The van der Waals surface area contributed by atoms with Crippen molar-refractivity contribution in [2.24, 2.45) is 0 Å². The number of hydrogen-bond donors (Lipinski definition) is 1. The van der Waals surface area contributed by atoms with Gasteiger partial charge in [0, 0.05) is 12.2 Å². The summed E-state index contributed by atoms with van der Waals surface area (Å²) >= 11 is 0. The minimum Gasteiger partial charge on any atom is -0.304 e. The van der Waals surface area contributed by atoms with Crippen LogP contribution < -0.4 is 5.32 Å². The van der Waals surface area contributed by atoms with E-state index in [4.69, 9.17) is 0 Å². The average molecular weight is 278 g/mol. The van der Waals surface area contributed by atoms with Gasteiger partial charge in [0.2, 0.25) is 0 Å². The van der Waals surface area contributed by atoms with Crippen LogP contribution in [0.4, 0.5) is 4.79 Å². The first-order valence-electron chi connectivity index (χ1n) is 7.09. The molecule has 2 heterocycles. The van der Waals surface area contributed by atoms with E-state index in [1.54, 1.807) is 11.8 Å². The van der Waals surface area contributed by atoms with Gasteiger partial charge in [-0.1, -0.05) is 13.8 Å². The molecule has 0 bridgehead atoms. The predicted octanol–water partition coefficient (Wildman–Crippen LogP) is 2.07. The number of imide groups is 1. The molecule has 0 radical (unpaired) electrons. The predicted molar refractivity (Wildman–Crippen MR) is 75.0 cm³/mol. The van der Waals surface area contributed by atoms with Crippen LogP contribution in [0.15, 0.2) is 12.3 Å². The highest BCUT2D eigenvalue weighted by atomic mass is 16.2. The summed E-state index contributed by atoms with van der Waals surface area (Å²) in [7, 11) is 0. The van der Waals surface area contributed by atoms with Crippen LogP contribution >= 0.6 is 0 Å². The van der Waals surface area contributed by atoms with Crippen molar-refractivity contribution < 1.29 is 9.59 Å². The van der Waals surface area contributed by atoms with Crippen LogP contribution in [0.2, 0.25) is 0 Å². The van der Waals surface area contributed by atoms with Gasteiger partial charge in [-0.05, 0) is 32.8 Å². The molecular weight excluding hydrogens is 256 g/mol. The molecule has 1 saturated heterocycles. The Morgan fingerprint density at radius 2 is 2.10 bits per heavy atom. The first-order valence-corrected chi connectivity index (χ1v) is 7.09. The zero-order valence-electron chi connectivity index (χ0n) is 12.5. The molecule has 0 spiro atoms. The Hall–Kier alpha value is -1.85. The lowest BCUT2D eigenvalue weighted by Gasteiger charge is -2.30. The first-order chi connectivity index (χ1) is 9.42. The van der Waals surface area contributed by atoms with Gasteiger partial charge >= 0.3 is 6.03 Å². The van der Waals surface area contributed by atoms with E-state index in [1.165, 1.54) is 0 Å². The van der Waals surface area contributed by atoms with Gasteiger partial charge < -0.3 is 4.90 Å². The largest absolute Gasteiger partial charge is 0.325 e. The Labute approximate surface area is 119 Å². The second kappa shape index (κ2) is 5.26. The molecule has 0 aliphatic carbocycles. The first kappa shape index (κ1) is 14.6. The highest BCUT2D eigenvalue weighted by Crippen LogP contribution is 2.26. The lowest BCUT2D eigenvalue weighted by Crippen LogP contribution is -2.46. The molecule has 2 atom stereocenters. The zero-order chi connectivity index (χ0) is 14.9. The van der Waals surface area contributed by atoms with Gasteiger partial charge in [-0.2, -0.15) is 5.10 Å². The summed E-state index contributed by atoms with van der Waals surface area (Å²) in [6.07, 6.45) is 3.50. The third-order valence-corrected chi connectivity index (χ3v) is 4.27. The van der Waals surface area contributed by atoms with Gasteiger partial charge in [0.1, 0.15) is 5.54 Å². The highest BCUT2D eigenvalue weighted by Gasteiger charge is 2.47. The monoisotopic (exact) mass is 278 g/mol. The molecular formula is C14H22N4O2. The molecule has 110 valence electrons. The lowest BCUT2D eigenvalue weighted by molar-refractivity contribution is -0.126. The minimum absolute atomic E-state index is 0.230. The van der Waals surface area contributed by atoms with Crippen molar-refractivity contribution in [1.82, 2.24) is 20.0 Å². The molecule has 1 fully saturated rings. The fourth-order valence-electron chi connectivity index (χ4n) is 2.30. The van der Waals surface area contributed by atoms with Gasteiger partial charge in [-0.25, -0.2) is 4.79 Å². The van der Waals surface area contributed by atoms with Gasteiger partial charge in [0.25, 0.3) is 5.91 Å². The van der Waals surface area contributed by atoms with Crippen LogP contribution in [0.1, 0.15) is 52.3 Å². The Morgan fingerprint density at radius 1 is 1.40 bits per heavy atom. The summed E-state index contributed by atoms with van der Waals surface area (Å²) in [5.41, 5.74) is 0.0202. The number of carbonyl (C=O) groups is 2. The molecule has 2 rings (SSSR count). The average Bonchev–Trinajstić information content (AvgIpc) is 2.98. The standard InChI is InChI=1S/C14H22N4O2/c1-5-10(3)18-8-7-11(16-18)9-17-13(20)15-12(19)14(17,4)6-2/h7-8,10H,5-6,9H2,1-4H3,(H,15,19,20). The van der Waals surface area contributed by atoms with Gasteiger partial charge in [-0.3, -0.25) is 14.8 Å². The minimum atomic E-state index is -0.781. The molecule has 0 saturated carbocycles. The quantitative estimate of drug-likeness (QED) is 0.838. The van der Waals surface area contributed by atoms with Crippen LogP contribution in [0.3, 0.4) is 0 Å². The van der Waals surface area contributed by atoms with Gasteiger partial charge in [-0.15, -0.1) is 0 Å². The second-order valence-corrected chi connectivity index (χ2v) is 5.52.